The zero-order valence-corrected chi connectivity index (χ0v) is 22.2. The summed E-state index contributed by atoms with van der Waals surface area (Å²) >= 11 is 0. The van der Waals surface area contributed by atoms with Gasteiger partial charge in [0.2, 0.25) is 0 Å². The zero-order chi connectivity index (χ0) is 24.9. The van der Waals surface area contributed by atoms with Crippen LogP contribution in [0.3, 0.4) is 0 Å². The average Bonchev–Trinajstić information content (AvgIpc) is 3.15. The fraction of sp³-hybridized carbons (Fsp3) is 0.833. The van der Waals surface area contributed by atoms with Crippen molar-refractivity contribution in [3.8, 4) is 0 Å². The topological polar surface area (TPSA) is 66.8 Å². The Kier molecular flexibility index (Phi) is 5.38. The third-order valence-corrected chi connectivity index (χ3v) is 11.9. The summed E-state index contributed by atoms with van der Waals surface area (Å²) in [6, 6.07) is 0. The van der Waals surface area contributed by atoms with Crippen LogP contribution in [0.1, 0.15) is 99.3 Å². The van der Waals surface area contributed by atoms with Crippen LogP contribution in [0, 0.1) is 39.4 Å². The minimum absolute atomic E-state index is 0.0199. The van der Waals surface area contributed by atoms with E-state index < -0.39 is 17.1 Å². The van der Waals surface area contributed by atoms with Crippen LogP contribution in [0.5, 0.6) is 0 Å². The van der Waals surface area contributed by atoms with E-state index in [4.69, 9.17) is 4.74 Å². The summed E-state index contributed by atoms with van der Waals surface area (Å²) in [5.74, 6) is 1.06. The number of cyclic esters (lactones) is 1. The molecule has 1 heterocycles. The Morgan fingerprint density at radius 1 is 1.12 bits per heavy atom. The van der Waals surface area contributed by atoms with Gasteiger partial charge in [-0.05, 0) is 87.9 Å². The Morgan fingerprint density at radius 3 is 2.50 bits per heavy atom. The Labute approximate surface area is 206 Å². The van der Waals surface area contributed by atoms with E-state index in [0.29, 0.717) is 24.7 Å². The molecule has 4 heteroatoms. The van der Waals surface area contributed by atoms with Crippen LogP contribution >= 0.6 is 0 Å². The van der Waals surface area contributed by atoms with Crippen molar-refractivity contribution < 1.29 is 19.7 Å². The number of aliphatic hydroxyl groups excluding tert-OH is 2. The quantitative estimate of drug-likeness (QED) is 0.393. The molecule has 4 fully saturated rings. The summed E-state index contributed by atoms with van der Waals surface area (Å²) in [4.78, 5) is 13.8. The van der Waals surface area contributed by atoms with E-state index in [-0.39, 0.29) is 34.2 Å². The normalized spacial score (nSPS) is 49.8. The van der Waals surface area contributed by atoms with Crippen LogP contribution in [-0.2, 0) is 9.53 Å². The molecular formula is C30H46O4. The molecule has 5 aliphatic rings. The molecule has 1 aliphatic heterocycles. The van der Waals surface area contributed by atoms with Gasteiger partial charge in [-0.25, -0.2) is 0 Å². The Bertz CT molecular complexity index is 934. The summed E-state index contributed by atoms with van der Waals surface area (Å²) in [7, 11) is 0. The van der Waals surface area contributed by atoms with Crippen LogP contribution in [0.2, 0.25) is 0 Å². The van der Waals surface area contributed by atoms with Crippen LogP contribution in [-0.4, -0.2) is 34.0 Å². The standard InChI is InChI=1S/C30H46O4/c1-18(2)16-19(31)17-29(7)23-11-14-28(6)21-8-9-22-26(3,4)24(32)12-13-27(22,5)20(21)10-15-30(23,28)25(33)34-29/h8,19-20,22-24,31-32H,1,9-17H2,2-7H3/t19-,20+,22+,23+,24-,27+,28-,29-,30+/m0/s1. The van der Waals surface area contributed by atoms with Gasteiger partial charge in [0.1, 0.15) is 5.60 Å². The lowest BCUT2D eigenvalue weighted by Gasteiger charge is -2.63. The second kappa shape index (κ2) is 7.44. The first-order chi connectivity index (χ1) is 15.7. The lowest BCUT2D eigenvalue weighted by atomic mass is 9.41. The van der Waals surface area contributed by atoms with Crippen molar-refractivity contribution in [3.05, 3.63) is 23.8 Å². The highest BCUT2D eigenvalue weighted by molar-refractivity contribution is 5.83. The van der Waals surface area contributed by atoms with Crippen LogP contribution in [0.4, 0.5) is 0 Å². The Hall–Kier alpha value is -1.13. The first kappa shape index (κ1) is 24.6. The Balaban J connectivity index is 1.51. The highest BCUT2D eigenvalue weighted by atomic mass is 16.6. The molecule has 4 aliphatic carbocycles. The molecule has 190 valence electrons. The monoisotopic (exact) mass is 470 g/mol. The molecule has 0 radical (unpaired) electrons. The average molecular weight is 471 g/mol. The molecular weight excluding hydrogens is 424 g/mol. The van der Waals surface area contributed by atoms with Gasteiger partial charge in [-0.3, -0.25) is 4.79 Å². The fourth-order valence-electron chi connectivity index (χ4n) is 10.2. The molecule has 9 atom stereocenters. The first-order valence-corrected chi connectivity index (χ1v) is 13.7. The van der Waals surface area contributed by atoms with E-state index in [1.54, 1.807) is 0 Å². The molecule has 0 unspecified atom stereocenters. The molecule has 3 saturated carbocycles. The number of hydrogen-bond acceptors (Lipinski definition) is 4. The van der Waals surface area contributed by atoms with Gasteiger partial charge in [-0.2, -0.15) is 0 Å². The number of hydrogen-bond donors (Lipinski definition) is 2. The van der Waals surface area contributed by atoms with Gasteiger partial charge < -0.3 is 14.9 Å². The summed E-state index contributed by atoms with van der Waals surface area (Å²) in [5.41, 5.74) is 1.28. The Morgan fingerprint density at radius 2 is 1.82 bits per heavy atom. The molecule has 1 spiro atoms. The number of fused-ring (bicyclic) bond motifs is 4. The van der Waals surface area contributed by atoms with Gasteiger partial charge in [0.05, 0.1) is 17.6 Å². The SMILES string of the molecule is C=C(C)C[C@H](O)C[C@]1(C)OC(=O)[C@]23CC[C@@H]4C(=CC[C@@H]5C(C)(C)[C@@H](O)CC[C@]45C)[C@]2(C)CC[C@@H]31. The highest BCUT2D eigenvalue weighted by Crippen LogP contribution is 2.76. The molecule has 0 aromatic carbocycles. The number of carbonyl (C=O) groups is 1. The third kappa shape index (κ3) is 2.94. The maximum Gasteiger partial charge on any atom is 0.313 e. The zero-order valence-electron chi connectivity index (χ0n) is 22.2. The van der Waals surface area contributed by atoms with Crippen molar-refractivity contribution in [2.45, 2.75) is 117 Å². The second-order valence-corrected chi connectivity index (χ2v) is 14.0. The molecule has 4 nitrogen and oxygen atoms in total. The summed E-state index contributed by atoms with van der Waals surface area (Å²) in [5, 5.41) is 21.6. The van der Waals surface area contributed by atoms with Crippen molar-refractivity contribution in [3.63, 3.8) is 0 Å². The highest BCUT2D eigenvalue weighted by Gasteiger charge is 2.76. The lowest BCUT2D eigenvalue weighted by Crippen LogP contribution is -2.59. The van der Waals surface area contributed by atoms with Crippen molar-refractivity contribution in [2.75, 3.05) is 0 Å². The molecule has 0 amide bonds. The number of rotatable bonds is 4. The number of carbonyl (C=O) groups excluding carboxylic acids is 1. The number of allylic oxidation sites excluding steroid dienone is 2. The van der Waals surface area contributed by atoms with Gasteiger partial charge in [0.15, 0.2) is 0 Å². The first-order valence-electron chi connectivity index (χ1n) is 13.7. The minimum atomic E-state index is -0.616. The number of ether oxygens (including phenoxy) is 1. The van der Waals surface area contributed by atoms with Crippen molar-refractivity contribution in [1.82, 2.24) is 0 Å². The van der Waals surface area contributed by atoms with Gasteiger partial charge in [-0.15, -0.1) is 6.58 Å². The lowest BCUT2D eigenvalue weighted by molar-refractivity contribution is -0.163. The maximum absolute atomic E-state index is 13.8. The molecule has 2 N–H and O–H groups in total. The van der Waals surface area contributed by atoms with E-state index in [9.17, 15) is 15.0 Å². The maximum atomic E-state index is 13.8. The van der Waals surface area contributed by atoms with Crippen molar-refractivity contribution >= 4 is 5.97 Å². The van der Waals surface area contributed by atoms with Gasteiger partial charge in [-0.1, -0.05) is 44.9 Å². The predicted molar refractivity (Wildman–Crippen MR) is 134 cm³/mol. The van der Waals surface area contributed by atoms with Gasteiger partial charge >= 0.3 is 5.97 Å². The minimum Gasteiger partial charge on any atom is -0.458 e. The third-order valence-electron chi connectivity index (χ3n) is 11.9. The molecule has 0 aromatic heterocycles. The van der Waals surface area contributed by atoms with E-state index in [2.05, 4.69) is 47.3 Å². The van der Waals surface area contributed by atoms with Crippen LogP contribution in [0.15, 0.2) is 23.8 Å². The molecule has 1 saturated heterocycles. The summed E-state index contributed by atoms with van der Waals surface area (Å²) in [6.45, 7) is 17.3. The van der Waals surface area contributed by atoms with E-state index in [0.717, 1.165) is 50.5 Å². The van der Waals surface area contributed by atoms with Gasteiger partial charge in [0.25, 0.3) is 0 Å². The van der Waals surface area contributed by atoms with Crippen molar-refractivity contribution in [1.29, 1.82) is 0 Å². The number of esters is 1. The largest absolute Gasteiger partial charge is 0.458 e. The van der Waals surface area contributed by atoms with Crippen LogP contribution < -0.4 is 0 Å². The summed E-state index contributed by atoms with van der Waals surface area (Å²) < 4.78 is 6.26. The van der Waals surface area contributed by atoms with Crippen molar-refractivity contribution in [2.24, 2.45) is 39.4 Å². The molecule has 5 rings (SSSR count). The molecule has 0 aromatic rings. The van der Waals surface area contributed by atoms with Gasteiger partial charge in [0, 0.05) is 17.8 Å². The number of aliphatic hydroxyl groups is 2. The van der Waals surface area contributed by atoms with E-state index in [1.165, 1.54) is 5.57 Å². The van der Waals surface area contributed by atoms with E-state index >= 15 is 0 Å². The van der Waals surface area contributed by atoms with Crippen LogP contribution in [0.25, 0.3) is 0 Å². The fourth-order valence-corrected chi connectivity index (χ4v) is 10.2. The summed E-state index contributed by atoms with van der Waals surface area (Å²) in [6.07, 6.45) is 9.59. The smallest absolute Gasteiger partial charge is 0.313 e. The molecule has 0 bridgehead atoms. The second-order valence-electron chi connectivity index (χ2n) is 14.0. The van der Waals surface area contributed by atoms with E-state index in [1.807, 2.05) is 6.92 Å². The molecule has 34 heavy (non-hydrogen) atoms. The predicted octanol–water partition coefficient (Wildman–Crippen LogP) is 5.97.